The van der Waals surface area contributed by atoms with E-state index in [9.17, 15) is 9.59 Å². The minimum atomic E-state index is -0.837. The minimum Gasteiger partial charge on any atom is -0.481 e. The zero-order valence-corrected chi connectivity index (χ0v) is 8.03. The van der Waals surface area contributed by atoms with Crippen LogP contribution in [0, 0.1) is 11.8 Å². The molecule has 2 aliphatic carbocycles. The molecule has 2 fully saturated rings. The maximum absolute atomic E-state index is 11.5. The van der Waals surface area contributed by atoms with Gasteiger partial charge in [-0.2, -0.15) is 0 Å². The largest absolute Gasteiger partial charge is 0.481 e. The van der Waals surface area contributed by atoms with Gasteiger partial charge < -0.3 is 10.4 Å². The van der Waals surface area contributed by atoms with E-state index in [-0.39, 0.29) is 11.8 Å². The maximum Gasteiger partial charge on any atom is 0.307 e. The summed E-state index contributed by atoms with van der Waals surface area (Å²) in [5.74, 6) is -1.56. The fourth-order valence-electron chi connectivity index (χ4n) is 2.14. The summed E-state index contributed by atoms with van der Waals surface area (Å²) in [6.07, 6.45) is 4.98. The highest BCUT2D eigenvalue weighted by atomic mass is 16.4. The molecule has 0 aromatic carbocycles. The highest BCUT2D eigenvalue weighted by Crippen LogP contribution is 2.39. The van der Waals surface area contributed by atoms with E-state index in [2.05, 4.69) is 5.32 Å². The lowest BCUT2D eigenvalue weighted by Crippen LogP contribution is -2.34. The number of amides is 1. The third-order valence-electron chi connectivity index (χ3n) is 3.15. The molecule has 78 valence electrons. The molecule has 0 aromatic heterocycles. The summed E-state index contributed by atoms with van der Waals surface area (Å²) in [6, 6.07) is 0.303. The molecule has 0 spiro atoms. The summed E-state index contributed by atoms with van der Waals surface area (Å²) in [7, 11) is 0. The number of rotatable bonds is 3. The Bertz CT molecular complexity index is 258. The Kier molecular flexibility index (Phi) is 2.44. The van der Waals surface area contributed by atoms with E-state index < -0.39 is 11.9 Å². The van der Waals surface area contributed by atoms with Gasteiger partial charge >= 0.3 is 5.97 Å². The van der Waals surface area contributed by atoms with E-state index in [4.69, 9.17) is 5.11 Å². The van der Waals surface area contributed by atoms with Crippen molar-refractivity contribution in [3.63, 3.8) is 0 Å². The summed E-state index contributed by atoms with van der Waals surface area (Å²) in [5, 5.41) is 11.6. The second-order valence-electron chi connectivity index (χ2n) is 4.28. The fraction of sp³-hybridized carbons (Fsp3) is 0.800. The lowest BCUT2D eigenvalue weighted by atomic mass is 10.2. The standard InChI is InChI=1S/C10H15NO3/c12-9(7-5-8(7)10(13)14)11-6-3-1-2-4-6/h6-8H,1-5H2,(H,11,12)(H,13,14)/t7-,8+/m0/s1. The number of hydrogen-bond acceptors (Lipinski definition) is 2. The molecule has 2 aliphatic rings. The second kappa shape index (κ2) is 3.59. The number of carbonyl (C=O) groups excluding carboxylic acids is 1. The Morgan fingerprint density at radius 3 is 2.29 bits per heavy atom. The molecule has 0 aromatic rings. The van der Waals surface area contributed by atoms with Crippen molar-refractivity contribution in [1.82, 2.24) is 5.32 Å². The first-order valence-electron chi connectivity index (χ1n) is 5.21. The number of hydrogen-bond donors (Lipinski definition) is 2. The van der Waals surface area contributed by atoms with Gasteiger partial charge in [-0.1, -0.05) is 12.8 Å². The van der Waals surface area contributed by atoms with Crippen molar-refractivity contribution in [1.29, 1.82) is 0 Å². The molecular formula is C10H15NO3. The average molecular weight is 197 g/mol. The van der Waals surface area contributed by atoms with Crippen LogP contribution in [0.25, 0.3) is 0 Å². The lowest BCUT2D eigenvalue weighted by molar-refractivity contribution is -0.140. The number of nitrogens with one attached hydrogen (secondary N) is 1. The van der Waals surface area contributed by atoms with Crippen LogP contribution in [0.2, 0.25) is 0 Å². The van der Waals surface area contributed by atoms with Crippen molar-refractivity contribution >= 4 is 11.9 Å². The van der Waals surface area contributed by atoms with Crippen LogP contribution in [0.5, 0.6) is 0 Å². The molecule has 0 unspecified atom stereocenters. The van der Waals surface area contributed by atoms with E-state index in [0.717, 1.165) is 12.8 Å². The first-order valence-corrected chi connectivity index (χ1v) is 5.21. The van der Waals surface area contributed by atoms with Gasteiger partial charge in [0.1, 0.15) is 0 Å². The molecule has 4 nitrogen and oxygen atoms in total. The van der Waals surface area contributed by atoms with Gasteiger partial charge in [-0.05, 0) is 19.3 Å². The van der Waals surface area contributed by atoms with Crippen LogP contribution >= 0.6 is 0 Å². The summed E-state index contributed by atoms with van der Waals surface area (Å²) in [6.45, 7) is 0. The Morgan fingerprint density at radius 2 is 1.79 bits per heavy atom. The number of carboxylic acids is 1. The first kappa shape index (κ1) is 9.49. The molecule has 0 bridgehead atoms. The summed E-state index contributed by atoms with van der Waals surface area (Å²) < 4.78 is 0. The molecule has 2 saturated carbocycles. The van der Waals surface area contributed by atoms with Gasteiger partial charge in [-0.25, -0.2) is 0 Å². The Morgan fingerprint density at radius 1 is 1.14 bits per heavy atom. The third-order valence-corrected chi connectivity index (χ3v) is 3.15. The van der Waals surface area contributed by atoms with Crippen LogP contribution in [0.1, 0.15) is 32.1 Å². The Labute approximate surface area is 82.7 Å². The van der Waals surface area contributed by atoms with Crippen molar-refractivity contribution in [2.75, 3.05) is 0 Å². The van der Waals surface area contributed by atoms with Crippen LogP contribution < -0.4 is 5.32 Å². The zero-order chi connectivity index (χ0) is 10.1. The smallest absolute Gasteiger partial charge is 0.307 e. The van der Waals surface area contributed by atoms with E-state index in [1.165, 1.54) is 12.8 Å². The van der Waals surface area contributed by atoms with Crippen LogP contribution in [0.15, 0.2) is 0 Å². The fourth-order valence-corrected chi connectivity index (χ4v) is 2.14. The second-order valence-corrected chi connectivity index (χ2v) is 4.28. The van der Waals surface area contributed by atoms with E-state index in [0.29, 0.717) is 12.5 Å². The van der Waals surface area contributed by atoms with Crippen LogP contribution in [-0.4, -0.2) is 23.0 Å². The van der Waals surface area contributed by atoms with Gasteiger partial charge in [-0.15, -0.1) is 0 Å². The van der Waals surface area contributed by atoms with Gasteiger partial charge in [-0.3, -0.25) is 9.59 Å². The molecule has 0 radical (unpaired) electrons. The molecular weight excluding hydrogens is 182 g/mol. The van der Waals surface area contributed by atoms with Crippen molar-refractivity contribution in [2.24, 2.45) is 11.8 Å². The Balaban J connectivity index is 1.77. The highest BCUT2D eigenvalue weighted by molar-refractivity contribution is 5.89. The van der Waals surface area contributed by atoms with E-state index >= 15 is 0 Å². The molecule has 2 atom stereocenters. The summed E-state index contributed by atoms with van der Waals surface area (Å²) in [4.78, 5) is 22.0. The van der Waals surface area contributed by atoms with Crippen molar-refractivity contribution < 1.29 is 14.7 Å². The normalized spacial score (nSPS) is 31.4. The monoisotopic (exact) mass is 197 g/mol. The van der Waals surface area contributed by atoms with Crippen molar-refractivity contribution in [3.8, 4) is 0 Å². The van der Waals surface area contributed by atoms with E-state index in [1.54, 1.807) is 0 Å². The number of carbonyl (C=O) groups is 2. The van der Waals surface area contributed by atoms with Crippen LogP contribution in [0.3, 0.4) is 0 Å². The predicted octanol–water partition coefficient (Wildman–Crippen LogP) is 0.766. The molecule has 2 N–H and O–H groups in total. The number of aliphatic carboxylic acids is 1. The quantitative estimate of drug-likeness (QED) is 0.702. The molecule has 0 saturated heterocycles. The van der Waals surface area contributed by atoms with Crippen molar-refractivity contribution in [2.45, 2.75) is 38.1 Å². The summed E-state index contributed by atoms with van der Waals surface area (Å²) in [5.41, 5.74) is 0. The zero-order valence-electron chi connectivity index (χ0n) is 8.03. The minimum absolute atomic E-state index is 0.0516. The summed E-state index contributed by atoms with van der Waals surface area (Å²) >= 11 is 0. The van der Waals surface area contributed by atoms with Gasteiger partial charge in [0.2, 0.25) is 5.91 Å². The maximum atomic E-state index is 11.5. The first-order chi connectivity index (χ1) is 6.68. The lowest BCUT2D eigenvalue weighted by Gasteiger charge is -2.10. The van der Waals surface area contributed by atoms with Crippen LogP contribution in [0.4, 0.5) is 0 Å². The van der Waals surface area contributed by atoms with Gasteiger partial charge in [0.15, 0.2) is 0 Å². The van der Waals surface area contributed by atoms with E-state index in [1.807, 2.05) is 0 Å². The molecule has 0 aliphatic heterocycles. The Hall–Kier alpha value is -1.06. The van der Waals surface area contributed by atoms with Gasteiger partial charge in [0.25, 0.3) is 0 Å². The molecule has 2 rings (SSSR count). The van der Waals surface area contributed by atoms with Gasteiger partial charge in [0, 0.05) is 6.04 Å². The SMILES string of the molecule is O=C(NC1CCCC1)[C@H]1C[C@H]1C(=O)O. The van der Waals surface area contributed by atoms with Crippen LogP contribution in [-0.2, 0) is 9.59 Å². The number of carboxylic acid groups (broad SMARTS) is 1. The highest BCUT2D eigenvalue weighted by Gasteiger charge is 2.48. The topological polar surface area (TPSA) is 66.4 Å². The molecule has 1 amide bonds. The molecule has 4 heteroatoms. The van der Waals surface area contributed by atoms with Gasteiger partial charge in [0.05, 0.1) is 11.8 Å². The third kappa shape index (κ3) is 1.89. The average Bonchev–Trinajstić information content (AvgIpc) is 2.80. The predicted molar refractivity (Wildman–Crippen MR) is 49.6 cm³/mol. The molecule has 0 heterocycles. The molecule has 14 heavy (non-hydrogen) atoms. The van der Waals surface area contributed by atoms with Crippen molar-refractivity contribution in [3.05, 3.63) is 0 Å².